The number of rotatable bonds is 3. The lowest BCUT2D eigenvalue weighted by atomic mass is 9.96. The van der Waals surface area contributed by atoms with Crippen LogP contribution in [0, 0.1) is 12.8 Å². The summed E-state index contributed by atoms with van der Waals surface area (Å²) in [6.07, 6.45) is 1.57. The van der Waals surface area contributed by atoms with Crippen molar-refractivity contribution in [3.8, 4) is 0 Å². The van der Waals surface area contributed by atoms with E-state index in [-0.39, 0.29) is 17.7 Å². The van der Waals surface area contributed by atoms with Gasteiger partial charge in [-0.05, 0) is 56.2 Å². The number of hydrogen-bond acceptors (Lipinski definition) is 3. The lowest BCUT2D eigenvalue weighted by Crippen LogP contribution is -2.43. The smallest absolute Gasteiger partial charge is 0.253 e. The van der Waals surface area contributed by atoms with E-state index in [1.54, 1.807) is 35.2 Å². The number of carbonyl (C=O) groups is 2. The Balaban J connectivity index is 1.65. The predicted octanol–water partition coefficient (Wildman–Crippen LogP) is 3.53. The SMILES string of the molecule is Cc1cccc(NC(=O)C2CCCN(C(=O)c3ccc(Cl)cc3)C2)n1. The van der Waals surface area contributed by atoms with Crippen molar-refractivity contribution in [1.82, 2.24) is 9.88 Å². The van der Waals surface area contributed by atoms with E-state index in [1.807, 2.05) is 19.1 Å². The number of aryl methyl sites for hydroxylation is 1. The first kappa shape index (κ1) is 17.4. The van der Waals surface area contributed by atoms with Crippen molar-refractivity contribution in [3.63, 3.8) is 0 Å². The fraction of sp³-hybridized carbons (Fsp3) is 0.316. The van der Waals surface area contributed by atoms with Crippen LogP contribution in [0.4, 0.5) is 5.82 Å². The second kappa shape index (κ2) is 7.66. The van der Waals surface area contributed by atoms with Gasteiger partial charge in [-0.3, -0.25) is 9.59 Å². The molecule has 5 nitrogen and oxygen atoms in total. The highest BCUT2D eigenvalue weighted by Crippen LogP contribution is 2.21. The Labute approximate surface area is 152 Å². The van der Waals surface area contributed by atoms with Gasteiger partial charge in [0.1, 0.15) is 5.82 Å². The molecule has 2 amide bonds. The minimum Gasteiger partial charge on any atom is -0.338 e. The molecule has 1 N–H and O–H groups in total. The van der Waals surface area contributed by atoms with Crippen LogP contribution in [0.3, 0.4) is 0 Å². The average molecular weight is 358 g/mol. The second-order valence-electron chi connectivity index (χ2n) is 6.25. The third kappa shape index (κ3) is 4.37. The summed E-state index contributed by atoms with van der Waals surface area (Å²) in [5.74, 6) is 0.160. The Morgan fingerprint density at radius 2 is 1.96 bits per heavy atom. The Hall–Kier alpha value is -2.40. The van der Waals surface area contributed by atoms with Crippen molar-refractivity contribution in [2.45, 2.75) is 19.8 Å². The van der Waals surface area contributed by atoms with Crippen LogP contribution in [0.15, 0.2) is 42.5 Å². The molecule has 1 unspecified atom stereocenters. The summed E-state index contributed by atoms with van der Waals surface area (Å²) in [6.45, 7) is 2.95. The van der Waals surface area contributed by atoms with Gasteiger partial charge in [-0.25, -0.2) is 4.98 Å². The van der Waals surface area contributed by atoms with E-state index in [1.165, 1.54) is 0 Å². The molecule has 1 fully saturated rings. The van der Waals surface area contributed by atoms with Gasteiger partial charge in [0.2, 0.25) is 5.91 Å². The third-order valence-electron chi connectivity index (χ3n) is 4.31. The summed E-state index contributed by atoms with van der Waals surface area (Å²) in [7, 11) is 0. The molecule has 1 aliphatic rings. The highest BCUT2D eigenvalue weighted by Gasteiger charge is 2.29. The Bertz CT molecular complexity index is 776. The van der Waals surface area contributed by atoms with Gasteiger partial charge in [0.25, 0.3) is 5.91 Å². The van der Waals surface area contributed by atoms with E-state index in [2.05, 4.69) is 10.3 Å². The Kier molecular flexibility index (Phi) is 5.34. The minimum absolute atomic E-state index is 0.0668. The molecule has 3 rings (SSSR count). The normalized spacial score (nSPS) is 17.2. The number of halogens is 1. The molecule has 0 spiro atoms. The largest absolute Gasteiger partial charge is 0.338 e. The molecule has 1 aromatic carbocycles. The highest BCUT2D eigenvalue weighted by atomic mass is 35.5. The highest BCUT2D eigenvalue weighted by molar-refractivity contribution is 6.30. The molecule has 2 heterocycles. The summed E-state index contributed by atoms with van der Waals surface area (Å²) >= 11 is 5.87. The van der Waals surface area contributed by atoms with E-state index >= 15 is 0 Å². The molecular formula is C19H20ClN3O2. The monoisotopic (exact) mass is 357 g/mol. The van der Waals surface area contributed by atoms with E-state index in [0.717, 1.165) is 18.5 Å². The Morgan fingerprint density at radius 1 is 1.20 bits per heavy atom. The predicted molar refractivity (Wildman–Crippen MR) is 97.7 cm³/mol. The molecule has 6 heteroatoms. The van der Waals surface area contributed by atoms with Gasteiger partial charge < -0.3 is 10.2 Å². The maximum Gasteiger partial charge on any atom is 0.253 e. The number of aromatic nitrogens is 1. The molecule has 1 saturated heterocycles. The minimum atomic E-state index is -0.229. The van der Waals surface area contributed by atoms with Crippen LogP contribution in [0.25, 0.3) is 0 Å². The molecule has 1 atom stereocenters. The van der Waals surface area contributed by atoms with Crippen molar-refractivity contribution in [1.29, 1.82) is 0 Å². The molecule has 0 saturated carbocycles. The van der Waals surface area contributed by atoms with Crippen LogP contribution in [-0.2, 0) is 4.79 Å². The fourth-order valence-corrected chi connectivity index (χ4v) is 3.12. The van der Waals surface area contributed by atoms with Gasteiger partial charge in [0, 0.05) is 29.4 Å². The van der Waals surface area contributed by atoms with Crippen molar-refractivity contribution >= 4 is 29.2 Å². The lowest BCUT2D eigenvalue weighted by molar-refractivity contribution is -0.121. The first-order chi connectivity index (χ1) is 12.0. The van der Waals surface area contributed by atoms with Gasteiger partial charge in [-0.2, -0.15) is 0 Å². The number of amides is 2. The van der Waals surface area contributed by atoms with Crippen molar-refractivity contribution in [2.75, 3.05) is 18.4 Å². The molecule has 1 aromatic heterocycles. The van der Waals surface area contributed by atoms with Crippen LogP contribution in [0.2, 0.25) is 5.02 Å². The first-order valence-electron chi connectivity index (χ1n) is 8.32. The molecule has 25 heavy (non-hydrogen) atoms. The molecule has 0 aliphatic carbocycles. The third-order valence-corrected chi connectivity index (χ3v) is 4.56. The summed E-state index contributed by atoms with van der Waals surface area (Å²) in [5, 5.41) is 3.45. The molecule has 130 valence electrons. The van der Waals surface area contributed by atoms with Crippen molar-refractivity contribution < 1.29 is 9.59 Å². The van der Waals surface area contributed by atoms with E-state index in [4.69, 9.17) is 11.6 Å². The average Bonchev–Trinajstić information content (AvgIpc) is 2.62. The van der Waals surface area contributed by atoms with Crippen molar-refractivity contribution in [3.05, 3.63) is 58.7 Å². The number of likely N-dealkylation sites (tertiary alicyclic amines) is 1. The number of nitrogens with one attached hydrogen (secondary N) is 1. The standard InChI is InChI=1S/C19H20ClN3O2/c1-13-4-2-6-17(21-13)22-18(24)15-5-3-11-23(12-15)19(25)14-7-9-16(20)10-8-14/h2,4,6-10,15H,3,5,11-12H2,1H3,(H,21,22,24). The first-order valence-corrected chi connectivity index (χ1v) is 8.70. The van der Waals surface area contributed by atoms with Gasteiger partial charge in [-0.1, -0.05) is 17.7 Å². The van der Waals surface area contributed by atoms with Crippen LogP contribution in [-0.4, -0.2) is 34.8 Å². The fourth-order valence-electron chi connectivity index (χ4n) is 2.99. The van der Waals surface area contributed by atoms with Gasteiger partial charge in [-0.15, -0.1) is 0 Å². The number of piperidine rings is 1. The molecule has 1 aliphatic heterocycles. The van der Waals surface area contributed by atoms with Gasteiger partial charge in [0.15, 0.2) is 0 Å². The summed E-state index contributed by atoms with van der Waals surface area (Å²) in [5.41, 5.74) is 1.44. The number of benzene rings is 1. The summed E-state index contributed by atoms with van der Waals surface area (Å²) < 4.78 is 0. The number of anilines is 1. The maximum absolute atomic E-state index is 12.6. The van der Waals surface area contributed by atoms with E-state index in [0.29, 0.717) is 29.5 Å². The van der Waals surface area contributed by atoms with Crippen molar-refractivity contribution in [2.24, 2.45) is 5.92 Å². The number of nitrogens with zero attached hydrogens (tertiary/aromatic N) is 2. The summed E-state index contributed by atoms with van der Waals surface area (Å²) in [4.78, 5) is 31.2. The topological polar surface area (TPSA) is 62.3 Å². The van der Waals surface area contributed by atoms with Crippen LogP contribution in [0.5, 0.6) is 0 Å². The van der Waals surface area contributed by atoms with E-state index < -0.39 is 0 Å². The molecule has 2 aromatic rings. The molecular weight excluding hydrogens is 338 g/mol. The van der Waals surface area contributed by atoms with Crippen LogP contribution >= 0.6 is 11.6 Å². The number of carbonyl (C=O) groups excluding carboxylic acids is 2. The number of pyridine rings is 1. The van der Waals surface area contributed by atoms with Gasteiger partial charge >= 0.3 is 0 Å². The molecule has 0 radical (unpaired) electrons. The second-order valence-corrected chi connectivity index (χ2v) is 6.69. The van der Waals surface area contributed by atoms with E-state index in [9.17, 15) is 9.59 Å². The van der Waals surface area contributed by atoms with Gasteiger partial charge in [0.05, 0.1) is 5.92 Å². The zero-order valence-corrected chi connectivity index (χ0v) is 14.8. The zero-order chi connectivity index (χ0) is 17.8. The Morgan fingerprint density at radius 3 is 2.68 bits per heavy atom. The maximum atomic E-state index is 12.6. The quantitative estimate of drug-likeness (QED) is 0.913. The molecule has 0 bridgehead atoms. The van der Waals surface area contributed by atoms with Crippen LogP contribution in [0.1, 0.15) is 28.9 Å². The lowest BCUT2D eigenvalue weighted by Gasteiger charge is -2.32. The zero-order valence-electron chi connectivity index (χ0n) is 14.0. The number of hydrogen-bond donors (Lipinski definition) is 1. The summed E-state index contributed by atoms with van der Waals surface area (Å²) in [6, 6.07) is 12.3. The van der Waals surface area contributed by atoms with Crippen LogP contribution < -0.4 is 5.32 Å².